The summed E-state index contributed by atoms with van der Waals surface area (Å²) in [6.07, 6.45) is 0.767. The van der Waals surface area contributed by atoms with Crippen molar-refractivity contribution in [3.8, 4) is 0 Å². The Bertz CT molecular complexity index is 495. The Kier molecular flexibility index (Phi) is 5.84. The highest BCUT2D eigenvalue weighted by Crippen LogP contribution is 2.24. The number of carbonyl (C=O) groups excluding carboxylic acids is 2. The summed E-state index contributed by atoms with van der Waals surface area (Å²) >= 11 is 11.8. The second kappa shape index (κ2) is 6.95. The van der Waals surface area contributed by atoms with Gasteiger partial charge in [-0.3, -0.25) is 4.79 Å². The second-order valence-corrected chi connectivity index (χ2v) is 5.77. The van der Waals surface area contributed by atoms with Crippen molar-refractivity contribution in [2.24, 2.45) is 0 Å². The van der Waals surface area contributed by atoms with Gasteiger partial charge in [-0.15, -0.1) is 0 Å². The first kappa shape index (κ1) is 16.8. The maximum absolute atomic E-state index is 11.9. The van der Waals surface area contributed by atoms with Gasteiger partial charge in [0.2, 0.25) is 0 Å². The van der Waals surface area contributed by atoms with E-state index < -0.39 is 5.97 Å². The third-order valence-electron chi connectivity index (χ3n) is 2.86. The van der Waals surface area contributed by atoms with Crippen LogP contribution in [0.2, 0.25) is 10.0 Å². The smallest absolute Gasteiger partial charge is 0.341 e. The first-order valence-corrected chi connectivity index (χ1v) is 6.94. The molecule has 0 spiro atoms. The molecule has 0 radical (unpaired) electrons. The van der Waals surface area contributed by atoms with Crippen LogP contribution in [0.4, 0.5) is 0 Å². The van der Waals surface area contributed by atoms with Gasteiger partial charge in [0.1, 0.15) is 0 Å². The van der Waals surface area contributed by atoms with E-state index in [-0.39, 0.29) is 33.7 Å². The van der Waals surface area contributed by atoms with E-state index in [4.69, 9.17) is 27.9 Å². The van der Waals surface area contributed by atoms with Crippen LogP contribution in [-0.2, 0) is 9.53 Å². The van der Waals surface area contributed by atoms with Gasteiger partial charge in [-0.05, 0) is 32.4 Å². The number of ether oxygens (including phenoxy) is 1. The molecule has 1 aromatic rings. The fourth-order valence-corrected chi connectivity index (χ4v) is 1.95. The van der Waals surface area contributed by atoms with Crippen molar-refractivity contribution < 1.29 is 14.3 Å². The van der Waals surface area contributed by atoms with Crippen LogP contribution in [0.15, 0.2) is 18.2 Å². The number of hydrogen-bond donors (Lipinski definition) is 1. The second-order valence-electron chi connectivity index (χ2n) is 4.96. The number of amides is 1. The molecule has 0 fully saturated rings. The van der Waals surface area contributed by atoms with Gasteiger partial charge < -0.3 is 10.1 Å². The Labute approximate surface area is 128 Å². The van der Waals surface area contributed by atoms with Crippen LogP contribution in [-0.4, -0.2) is 24.0 Å². The highest BCUT2D eigenvalue weighted by Gasteiger charge is 2.20. The van der Waals surface area contributed by atoms with Crippen LogP contribution in [0.5, 0.6) is 0 Å². The van der Waals surface area contributed by atoms with Gasteiger partial charge in [0.05, 0.1) is 15.6 Å². The lowest BCUT2D eigenvalue weighted by Gasteiger charge is -2.24. The normalized spacial score (nSPS) is 11.1. The van der Waals surface area contributed by atoms with E-state index in [1.54, 1.807) is 6.07 Å². The van der Waals surface area contributed by atoms with Crippen molar-refractivity contribution in [2.45, 2.75) is 32.7 Å². The summed E-state index contributed by atoms with van der Waals surface area (Å²) in [5, 5.41) is 3.14. The molecule has 0 saturated carbocycles. The minimum atomic E-state index is -0.718. The Balaban J connectivity index is 2.62. The molecule has 0 atom stereocenters. The summed E-state index contributed by atoms with van der Waals surface area (Å²) in [5.41, 5.74) is -0.274. The highest BCUT2D eigenvalue weighted by atomic mass is 35.5. The molecule has 0 unspecified atom stereocenters. The quantitative estimate of drug-likeness (QED) is 0.846. The van der Waals surface area contributed by atoms with Crippen molar-refractivity contribution in [3.05, 3.63) is 33.8 Å². The number of rotatable bonds is 5. The summed E-state index contributed by atoms with van der Waals surface area (Å²) in [5.74, 6) is -1.08. The molecule has 1 rings (SSSR count). The lowest BCUT2D eigenvalue weighted by molar-refractivity contribution is -0.125. The van der Waals surface area contributed by atoms with Crippen molar-refractivity contribution in [1.29, 1.82) is 0 Å². The zero-order chi connectivity index (χ0) is 15.3. The molecule has 0 aromatic heterocycles. The summed E-state index contributed by atoms with van der Waals surface area (Å²) in [6.45, 7) is 5.36. The van der Waals surface area contributed by atoms with Crippen LogP contribution in [0.25, 0.3) is 0 Å². The summed E-state index contributed by atoms with van der Waals surface area (Å²) in [7, 11) is 0. The summed E-state index contributed by atoms with van der Waals surface area (Å²) in [4.78, 5) is 23.5. The van der Waals surface area contributed by atoms with E-state index in [9.17, 15) is 9.59 Å². The first-order valence-electron chi connectivity index (χ1n) is 6.19. The lowest BCUT2D eigenvalue weighted by atomic mass is 10.0. The van der Waals surface area contributed by atoms with Crippen molar-refractivity contribution in [3.63, 3.8) is 0 Å². The molecular formula is C14H17Cl2NO3. The Morgan fingerprint density at radius 2 is 1.80 bits per heavy atom. The number of esters is 1. The summed E-state index contributed by atoms with van der Waals surface area (Å²) < 4.78 is 4.92. The largest absolute Gasteiger partial charge is 0.452 e. The minimum Gasteiger partial charge on any atom is -0.452 e. The number of halogens is 2. The maximum atomic E-state index is 11.9. The minimum absolute atomic E-state index is 0.0679. The lowest BCUT2D eigenvalue weighted by Crippen LogP contribution is -2.44. The van der Waals surface area contributed by atoms with Gasteiger partial charge >= 0.3 is 5.97 Å². The molecule has 1 aromatic carbocycles. The molecule has 0 heterocycles. The molecule has 1 N–H and O–H groups in total. The molecule has 20 heavy (non-hydrogen) atoms. The van der Waals surface area contributed by atoms with Gasteiger partial charge in [-0.25, -0.2) is 4.79 Å². The summed E-state index contributed by atoms with van der Waals surface area (Å²) in [6, 6.07) is 4.69. The standard InChI is InChI=1S/C14H17Cl2NO3/c1-4-14(2,3)17-11(18)8-20-13(19)12-9(15)6-5-7-10(12)16/h5-7H,4,8H2,1-3H3,(H,17,18). The molecule has 4 nitrogen and oxygen atoms in total. The first-order chi connectivity index (χ1) is 9.26. The molecule has 0 aliphatic carbocycles. The van der Waals surface area contributed by atoms with Crippen molar-refractivity contribution in [1.82, 2.24) is 5.32 Å². The van der Waals surface area contributed by atoms with Crippen molar-refractivity contribution >= 4 is 35.1 Å². The zero-order valence-corrected chi connectivity index (χ0v) is 13.1. The molecule has 0 saturated heterocycles. The maximum Gasteiger partial charge on any atom is 0.341 e. The molecule has 0 aliphatic rings. The molecule has 0 aliphatic heterocycles. The van der Waals surface area contributed by atoms with Gasteiger partial charge in [0.15, 0.2) is 6.61 Å². The van der Waals surface area contributed by atoms with E-state index in [1.165, 1.54) is 12.1 Å². The van der Waals surface area contributed by atoms with E-state index in [2.05, 4.69) is 5.32 Å². The van der Waals surface area contributed by atoms with E-state index in [0.29, 0.717) is 0 Å². The third-order valence-corrected chi connectivity index (χ3v) is 3.49. The van der Waals surface area contributed by atoms with Gasteiger partial charge in [-0.2, -0.15) is 0 Å². The number of hydrogen-bond acceptors (Lipinski definition) is 3. The zero-order valence-electron chi connectivity index (χ0n) is 11.6. The monoisotopic (exact) mass is 317 g/mol. The van der Waals surface area contributed by atoms with Crippen LogP contribution in [0.3, 0.4) is 0 Å². The predicted octanol–water partition coefficient (Wildman–Crippen LogP) is 3.46. The molecule has 1 amide bonds. The molecular weight excluding hydrogens is 301 g/mol. The van der Waals surface area contributed by atoms with Gasteiger partial charge in [-0.1, -0.05) is 36.2 Å². The molecule has 6 heteroatoms. The van der Waals surface area contributed by atoms with E-state index in [0.717, 1.165) is 6.42 Å². The van der Waals surface area contributed by atoms with Crippen molar-refractivity contribution in [2.75, 3.05) is 6.61 Å². The molecule has 110 valence electrons. The van der Waals surface area contributed by atoms with Crippen LogP contribution >= 0.6 is 23.2 Å². The topological polar surface area (TPSA) is 55.4 Å². The Hall–Kier alpha value is -1.26. The van der Waals surface area contributed by atoms with Gasteiger partial charge in [0.25, 0.3) is 5.91 Å². The van der Waals surface area contributed by atoms with Gasteiger partial charge in [0, 0.05) is 5.54 Å². The van der Waals surface area contributed by atoms with E-state index in [1.807, 2.05) is 20.8 Å². The molecule has 0 bridgehead atoms. The number of nitrogens with one attached hydrogen (secondary N) is 1. The predicted molar refractivity (Wildman–Crippen MR) is 79.3 cm³/mol. The van der Waals surface area contributed by atoms with Crippen LogP contribution in [0, 0.1) is 0 Å². The fourth-order valence-electron chi connectivity index (χ4n) is 1.40. The van der Waals surface area contributed by atoms with E-state index >= 15 is 0 Å². The third kappa shape index (κ3) is 4.69. The average molecular weight is 318 g/mol. The average Bonchev–Trinajstić information content (AvgIpc) is 2.35. The van der Waals surface area contributed by atoms with Crippen LogP contribution < -0.4 is 5.32 Å². The Morgan fingerprint density at radius 1 is 1.25 bits per heavy atom. The number of carbonyl (C=O) groups is 2. The fraction of sp³-hybridized carbons (Fsp3) is 0.429. The SMILES string of the molecule is CCC(C)(C)NC(=O)COC(=O)c1c(Cl)cccc1Cl. The van der Waals surface area contributed by atoms with Crippen LogP contribution in [0.1, 0.15) is 37.6 Å². The number of benzene rings is 1. The Morgan fingerprint density at radius 3 is 2.30 bits per heavy atom. The highest BCUT2D eigenvalue weighted by molar-refractivity contribution is 6.39.